The monoisotopic (exact) mass is 233 g/mol. The van der Waals surface area contributed by atoms with Gasteiger partial charge < -0.3 is 9.42 Å². The first kappa shape index (κ1) is 10.3. The molecule has 1 aliphatic heterocycles. The topological polar surface area (TPSA) is 60.0 Å². The number of nitrogens with zero attached hydrogens (tertiary/aromatic N) is 5. The van der Waals surface area contributed by atoms with E-state index in [4.69, 9.17) is 4.52 Å². The molecule has 2 aromatic rings. The van der Waals surface area contributed by atoms with Crippen LogP contribution < -0.4 is 4.90 Å². The van der Waals surface area contributed by atoms with E-state index in [1.165, 1.54) is 18.5 Å². The van der Waals surface area contributed by atoms with Crippen LogP contribution in [-0.4, -0.2) is 34.0 Å². The van der Waals surface area contributed by atoms with Gasteiger partial charge in [-0.15, -0.1) is 0 Å². The predicted molar refractivity (Wildman–Crippen MR) is 62.8 cm³/mol. The van der Waals surface area contributed by atoms with Gasteiger partial charge in [0.1, 0.15) is 0 Å². The summed E-state index contributed by atoms with van der Waals surface area (Å²) < 4.78 is 7.32. The predicted octanol–water partition coefficient (Wildman–Crippen LogP) is 1.34. The van der Waals surface area contributed by atoms with Crippen molar-refractivity contribution in [2.45, 2.75) is 25.8 Å². The van der Waals surface area contributed by atoms with E-state index in [-0.39, 0.29) is 0 Å². The SMILES string of the molecule is CN(C)c1noc(-c2cnn3c2CCCC3)n1. The molecular formula is C11H15N5O. The van der Waals surface area contributed by atoms with Crippen LogP contribution in [0.15, 0.2) is 10.7 Å². The Morgan fingerprint density at radius 3 is 3.00 bits per heavy atom. The molecule has 3 heterocycles. The smallest absolute Gasteiger partial charge is 0.265 e. The van der Waals surface area contributed by atoms with Crippen LogP contribution in [0.1, 0.15) is 18.5 Å². The highest BCUT2D eigenvalue weighted by Crippen LogP contribution is 2.27. The summed E-state index contributed by atoms with van der Waals surface area (Å²) in [5.74, 6) is 1.16. The van der Waals surface area contributed by atoms with Gasteiger partial charge in [-0.3, -0.25) is 4.68 Å². The Kier molecular flexibility index (Phi) is 2.35. The van der Waals surface area contributed by atoms with E-state index < -0.39 is 0 Å². The van der Waals surface area contributed by atoms with Crippen LogP contribution in [0.25, 0.3) is 11.5 Å². The summed E-state index contributed by atoms with van der Waals surface area (Å²) in [4.78, 5) is 6.18. The first-order valence-corrected chi connectivity index (χ1v) is 5.82. The lowest BCUT2D eigenvalue weighted by Gasteiger charge is -2.13. The van der Waals surface area contributed by atoms with Gasteiger partial charge in [-0.2, -0.15) is 10.1 Å². The summed E-state index contributed by atoms with van der Waals surface area (Å²) in [7, 11) is 3.78. The number of fused-ring (bicyclic) bond motifs is 1. The molecule has 0 unspecified atom stereocenters. The van der Waals surface area contributed by atoms with Crippen molar-refractivity contribution in [1.29, 1.82) is 0 Å². The molecule has 0 saturated heterocycles. The van der Waals surface area contributed by atoms with Crippen molar-refractivity contribution in [3.63, 3.8) is 0 Å². The Morgan fingerprint density at radius 2 is 2.24 bits per heavy atom. The average molecular weight is 233 g/mol. The summed E-state index contributed by atoms with van der Waals surface area (Å²) >= 11 is 0. The first-order chi connectivity index (χ1) is 8.25. The Bertz CT molecular complexity index is 528. The average Bonchev–Trinajstić information content (AvgIpc) is 2.95. The highest BCUT2D eigenvalue weighted by molar-refractivity contribution is 5.57. The molecule has 0 N–H and O–H groups in total. The molecule has 2 aromatic heterocycles. The summed E-state index contributed by atoms with van der Waals surface area (Å²) in [6.07, 6.45) is 5.26. The molecule has 0 aromatic carbocycles. The van der Waals surface area contributed by atoms with Crippen LogP contribution in [0, 0.1) is 0 Å². The van der Waals surface area contributed by atoms with Crippen molar-refractivity contribution >= 4 is 5.95 Å². The number of aromatic nitrogens is 4. The Morgan fingerprint density at radius 1 is 1.35 bits per heavy atom. The summed E-state index contributed by atoms with van der Waals surface area (Å²) in [6, 6.07) is 0. The van der Waals surface area contributed by atoms with Gasteiger partial charge in [-0.05, 0) is 24.4 Å². The van der Waals surface area contributed by atoms with Crippen LogP contribution in [-0.2, 0) is 13.0 Å². The molecule has 0 fully saturated rings. The normalized spacial score (nSPS) is 14.7. The zero-order valence-electron chi connectivity index (χ0n) is 10.1. The van der Waals surface area contributed by atoms with Crippen molar-refractivity contribution in [2.24, 2.45) is 0 Å². The number of anilines is 1. The molecule has 0 spiro atoms. The first-order valence-electron chi connectivity index (χ1n) is 5.82. The molecular weight excluding hydrogens is 218 g/mol. The number of aryl methyl sites for hydroxylation is 1. The minimum atomic E-state index is 0.567. The fourth-order valence-corrected chi connectivity index (χ4v) is 2.11. The van der Waals surface area contributed by atoms with Gasteiger partial charge in [0, 0.05) is 20.6 Å². The lowest BCUT2D eigenvalue weighted by molar-refractivity contribution is 0.429. The maximum absolute atomic E-state index is 5.28. The van der Waals surface area contributed by atoms with Gasteiger partial charge in [0.25, 0.3) is 11.8 Å². The Labute approximate surface area is 99.2 Å². The lowest BCUT2D eigenvalue weighted by Crippen LogP contribution is -2.11. The van der Waals surface area contributed by atoms with Gasteiger partial charge in [-0.25, -0.2) is 0 Å². The summed E-state index contributed by atoms with van der Waals surface area (Å²) in [5.41, 5.74) is 2.19. The molecule has 0 aliphatic carbocycles. The van der Waals surface area contributed by atoms with Gasteiger partial charge in [0.2, 0.25) is 0 Å². The maximum Gasteiger partial charge on any atom is 0.265 e. The van der Waals surface area contributed by atoms with Crippen LogP contribution in [0.2, 0.25) is 0 Å². The molecule has 0 saturated carbocycles. The summed E-state index contributed by atoms with van der Waals surface area (Å²) in [5, 5.41) is 8.29. The fraction of sp³-hybridized carbons (Fsp3) is 0.545. The third-order valence-corrected chi connectivity index (χ3v) is 3.03. The Balaban J connectivity index is 2.00. The van der Waals surface area contributed by atoms with E-state index in [0.29, 0.717) is 11.8 Å². The van der Waals surface area contributed by atoms with Crippen LogP contribution in [0.4, 0.5) is 5.95 Å². The number of rotatable bonds is 2. The second-order valence-corrected chi connectivity index (χ2v) is 4.48. The fourth-order valence-electron chi connectivity index (χ4n) is 2.11. The molecule has 3 rings (SSSR count). The highest BCUT2D eigenvalue weighted by atomic mass is 16.5. The van der Waals surface area contributed by atoms with Gasteiger partial charge >= 0.3 is 0 Å². The van der Waals surface area contributed by atoms with Gasteiger partial charge in [-0.1, -0.05) is 0 Å². The number of hydrogen-bond acceptors (Lipinski definition) is 5. The zero-order valence-corrected chi connectivity index (χ0v) is 10.1. The molecule has 0 radical (unpaired) electrons. The quantitative estimate of drug-likeness (QED) is 0.783. The van der Waals surface area contributed by atoms with E-state index in [9.17, 15) is 0 Å². The molecule has 1 aliphatic rings. The minimum Gasteiger partial charge on any atom is -0.344 e. The van der Waals surface area contributed by atoms with Crippen LogP contribution in [0.3, 0.4) is 0 Å². The molecule has 6 heteroatoms. The van der Waals surface area contributed by atoms with Crippen molar-refractivity contribution in [1.82, 2.24) is 19.9 Å². The van der Waals surface area contributed by atoms with Crippen molar-refractivity contribution < 1.29 is 4.52 Å². The second-order valence-electron chi connectivity index (χ2n) is 4.48. The van der Waals surface area contributed by atoms with Crippen molar-refractivity contribution in [3.8, 4) is 11.5 Å². The van der Waals surface area contributed by atoms with Gasteiger partial charge in [0.05, 0.1) is 17.5 Å². The summed E-state index contributed by atoms with van der Waals surface area (Å²) in [6.45, 7) is 0.990. The van der Waals surface area contributed by atoms with E-state index >= 15 is 0 Å². The van der Waals surface area contributed by atoms with E-state index in [1.807, 2.05) is 29.9 Å². The van der Waals surface area contributed by atoms with Crippen molar-refractivity contribution in [2.75, 3.05) is 19.0 Å². The van der Waals surface area contributed by atoms with E-state index in [2.05, 4.69) is 15.2 Å². The van der Waals surface area contributed by atoms with Crippen molar-refractivity contribution in [3.05, 3.63) is 11.9 Å². The minimum absolute atomic E-state index is 0.567. The molecule has 17 heavy (non-hydrogen) atoms. The van der Waals surface area contributed by atoms with Crippen LogP contribution in [0.5, 0.6) is 0 Å². The second kappa shape index (κ2) is 3.87. The Hall–Kier alpha value is -1.85. The highest BCUT2D eigenvalue weighted by Gasteiger charge is 2.20. The molecule has 90 valence electrons. The van der Waals surface area contributed by atoms with Crippen LogP contribution >= 0.6 is 0 Å². The zero-order chi connectivity index (χ0) is 11.8. The van der Waals surface area contributed by atoms with E-state index in [1.54, 1.807) is 0 Å². The largest absolute Gasteiger partial charge is 0.344 e. The maximum atomic E-state index is 5.28. The molecule has 0 bridgehead atoms. The molecule has 6 nitrogen and oxygen atoms in total. The standard InChI is InChI=1S/C11H15N5O/c1-15(2)11-13-10(17-14-11)8-7-12-16-6-4-3-5-9(8)16/h7H,3-6H2,1-2H3. The van der Waals surface area contributed by atoms with E-state index in [0.717, 1.165) is 18.5 Å². The molecule has 0 atom stereocenters. The lowest BCUT2D eigenvalue weighted by atomic mass is 10.1. The van der Waals surface area contributed by atoms with Gasteiger partial charge in [0.15, 0.2) is 0 Å². The third-order valence-electron chi connectivity index (χ3n) is 3.03. The number of hydrogen-bond donors (Lipinski definition) is 0. The molecule has 0 amide bonds. The third kappa shape index (κ3) is 1.69.